The number of rotatable bonds is 5. The summed E-state index contributed by atoms with van der Waals surface area (Å²) in [4.78, 5) is 19.2. The van der Waals surface area contributed by atoms with Crippen LogP contribution in [0.4, 0.5) is 5.69 Å². The highest BCUT2D eigenvalue weighted by molar-refractivity contribution is 5.78. The van der Waals surface area contributed by atoms with Gasteiger partial charge in [0.15, 0.2) is 0 Å². The topological polar surface area (TPSA) is 26.8 Å². The Balaban J connectivity index is 1.33. The molecule has 4 heteroatoms. The summed E-state index contributed by atoms with van der Waals surface area (Å²) in [5.74, 6) is 0.293. The zero-order chi connectivity index (χ0) is 19.2. The van der Waals surface area contributed by atoms with Crippen LogP contribution in [0.5, 0.6) is 0 Å². The van der Waals surface area contributed by atoms with E-state index in [2.05, 4.69) is 70.5 Å². The Labute approximate surface area is 168 Å². The van der Waals surface area contributed by atoms with E-state index in [1.165, 1.54) is 29.7 Å². The van der Waals surface area contributed by atoms with Crippen LogP contribution in [0, 0.1) is 0 Å². The van der Waals surface area contributed by atoms with E-state index < -0.39 is 0 Å². The molecule has 2 aliphatic rings. The molecule has 0 saturated carbocycles. The highest BCUT2D eigenvalue weighted by Crippen LogP contribution is 2.20. The van der Waals surface area contributed by atoms with Crippen molar-refractivity contribution in [3.8, 4) is 0 Å². The molecule has 28 heavy (non-hydrogen) atoms. The lowest BCUT2D eigenvalue weighted by molar-refractivity contribution is -0.132. The maximum absolute atomic E-state index is 12.5. The molecule has 4 nitrogen and oxygen atoms in total. The van der Waals surface area contributed by atoms with Crippen molar-refractivity contribution in [2.75, 3.05) is 50.7 Å². The summed E-state index contributed by atoms with van der Waals surface area (Å²) in [6.07, 6.45) is 6.77. The van der Waals surface area contributed by atoms with Crippen molar-refractivity contribution in [1.82, 2.24) is 9.80 Å². The van der Waals surface area contributed by atoms with Gasteiger partial charge < -0.3 is 9.80 Å². The Kier molecular flexibility index (Phi) is 6.07. The zero-order valence-corrected chi connectivity index (χ0v) is 16.5. The van der Waals surface area contributed by atoms with Crippen LogP contribution >= 0.6 is 0 Å². The summed E-state index contributed by atoms with van der Waals surface area (Å²) in [6, 6.07) is 19.0. The number of benzene rings is 2. The summed E-state index contributed by atoms with van der Waals surface area (Å²) in [5, 5.41) is 0. The van der Waals surface area contributed by atoms with Gasteiger partial charge in [-0.1, -0.05) is 54.6 Å². The molecule has 0 bridgehead atoms. The molecule has 0 radical (unpaired) electrons. The molecular weight excluding hydrogens is 346 g/mol. The Morgan fingerprint density at radius 3 is 2.21 bits per heavy atom. The minimum Gasteiger partial charge on any atom is -0.368 e. The van der Waals surface area contributed by atoms with Crippen LogP contribution < -0.4 is 4.90 Å². The Morgan fingerprint density at radius 2 is 1.46 bits per heavy atom. The lowest BCUT2D eigenvalue weighted by atomic mass is 10.1. The normalized spacial score (nSPS) is 18.1. The molecule has 0 unspecified atom stereocenters. The number of amides is 1. The fraction of sp³-hybridized carbons (Fsp3) is 0.375. The van der Waals surface area contributed by atoms with Gasteiger partial charge in [-0.2, -0.15) is 0 Å². The van der Waals surface area contributed by atoms with E-state index in [1.54, 1.807) is 0 Å². The molecule has 4 rings (SSSR count). The molecule has 1 amide bonds. The summed E-state index contributed by atoms with van der Waals surface area (Å²) in [5.41, 5.74) is 3.65. The van der Waals surface area contributed by atoms with Gasteiger partial charge in [-0.25, -0.2) is 0 Å². The van der Waals surface area contributed by atoms with Gasteiger partial charge in [-0.05, 0) is 49.2 Å². The van der Waals surface area contributed by atoms with Crippen molar-refractivity contribution in [2.45, 2.75) is 12.8 Å². The molecule has 2 heterocycles. The van der Waals surface area contributed by atoms with Crippen LogP contribution in [0.1, 0.15) is 24.0 Å². The van der Waals surface area contributed by atoms with E-state index in [0.29, 0.717) is 12.5 Å². The third kappa shape index (κ3) is 4.82. The Hall–Kier alpha value is -2.59. The molecule has 0 aliphatic carbocycles. The summed E-state index contributed by atoms with van der Waals surface area (Å²) < 4.78 is 0. The lowest BCUT2D eigenvalue weighted by Gasteiger charge is -2.36. The molecule has 2 aromatic carbocycles. The fourth-order valence-corrected chi connectivity index (χ4v) is 4.03. The molecule has 0 aromatic heterocycles. The summed E-state index contributed by atoms with van der Waals surface area (Å²) >= 11 is 0. The number of hydrogen-bond acceptors (Lipinski definition) is 3. The van der Waals surface area contributed by atoms with Gasteiger partial charge in [-0.15, -0.1) is 0 Å². The SMILES string of the molecule is O=C(CN1CCCC1)N1CCN(c2cccc(/C=C/c3ccccc3)c2)CC1. The molecule has 2 saturated heterocycles. The number of piperazine rings is 1. The Bertz CT molecular complexity index is 804. The smallest absolute Gasteiger partial charge is 0.236 e. The standard InChI is InChI=1S/C24H29N3O/c28-24(20-25-13-4-5-14-25)27-17-15-26(16-18-27)23-10-6-9-22(19-23)12-11-21-7-2-1-3-8-21/h1-3,6-12,19H,4-5,13-18,20H2/b12-11+. The minimum absolute atomic E-state index is 0.293. The maximum atomic E-state index is 12.5. The molecule has 2 aliphatic heterocycles. The van der Waals surface area contributed by atoms with Crippen molar-refractivity contribution in [1.29, 1.82) is 0 Å². The number of nitrogens with zero attached hydrogens (tertiary/aromatic N) is 3. The van der Waals surface area contributed by atoms with E-state index >= 15 is 0 Å². The minimum atomic E-state index is 0.293. The first-order valence-corrected chi connectivity index (χ1v) is 10.4. The molecule has 146 valence electrons. The van der Waals surface area contributed by atoms with Gasteiger partial charge in [0.05, 0.1) is 6.54 Å². The van der Waals surface area contributed by atoms with Crippen molar-refractivity contribution in [3.05, 3.63) is 65.7 Å². The van der Waals surface area contributed by atoms with E-state index in [4.69, 9.17) is 0 Å². The molecule has 0 spiro atoms. The fourth-order valence-electron chi connectivity index (χ4n) is 4.03. The average molecular weight is 376 g/mol. The van der Waals surface area contributed by atoms with E-state index in [-0.39, 0.29) is 0 Å². The Morgan fingerprint density at radius 1 is 0.786 bits per heavy atom. The van der Waals surface area contributed by atoms with Gasteiger partial charge in [0.1, 0.15) is 0 Å². The second kappa shape index (κ2) is 9.07. The second-order valence-corrected chi connectivity index (χ2v) is 7.69. The van der Waals surface area contributed by atoms with E-state index in [9.17, 15) is 4.79 Å². The second-order valence-electron chi connectivity index (χ2n) is 7.69. The molecule has 0 atom stereocenters. The maximum Gasteiger partial charge on any atom is 0.236 e. The molecular formula is C24H29N3O. The zero-order valence-electron chi connectivity index (χ0n) is 16.5. The third-order valence-electron chi connectivity index (χ3n) is 5.69. The summed E-state index contributed by atoms with van der Waals surface area (Å²) in [7, 11) is 0. The van der Waals surface area contributed by atoms with Gasteiger partial charge in [0.2, 0.25) is 5.91 Å². The van der Waals surface area contributed by atoms with Crippen molar-refractivity contribution < 1.29 is 4.79 Å². The van der Waals surface area contributed by atoms with Crippen LogP contribution in [-0.2, 0) is 4.79 Å². The first kappa shape index (κ1) is 18.8. The molecule has 2 aromatic rings. The van der Waals surface area contributed by atoms with Gasteiger partial charge in [-0.3, -0.25) is 9.69 Å². The van der Waals surface area contributed by atoms with Gasteiger partial charge in [0, 0.05) is 31.9 Å². The third-order valence-corrected chi connectivity index (χ3v) is 5.69. The van der Waals surface area contributed by atoms with Crippen LogP contribution in [0.15, 0.2) is 54.6 Å². The number of anilines is 1. The predicted octanol–water partition coefficient (Wildman–Crippen LogP) is 3.60. The van der Waals surface area contributed by atoms with Crippen molar-refractivity contribution in [3.63, 3.8) is 0 Å². The first-order chi connectivity index (χ1) is 13.8. The molecule has 2 fully saturated rings. The van der Waals surface area contributed by atoms with E-state index in [0.717, 1.165) is 39.3 Å². The molecule has 0 N–H and O–H groups in total. The van der Waals surface area contributed by atoms with E-state index in [1.807, 2.05) is 11.0 Å². The van der Waals surface area contributed by atoms with Crippen LogP contribution in [0.2, 0.25) is 0 Å². The van der Waals surface area contributed by atoms with Gasteiger partial charge >= 0.3 is 0 Å². The number of likely N-dealkylation sites (tertiary alicyclic amines) is 1. The average Bonchev–Trinajstić information content (AvgIpc) is 3.26. The number of carbonyl (C=O) groups excluding carboxylic acids is 1. The van der Waals surface area contributed by atoms with Crippen LogP contribution in [-0.4, -0.2) is 61.5 Å². The monoisotopic (exact) mass is 375 g/mol. The largest absolute Gasteiger partial charge is 0.368 e. The highest BCUT2D eigenvalue weighted by Gasteiger charge is 2.23. The first-order valence-electron chi connectivity index (χ1n) is 10.4. The van der Waals surface area contributed by atoms with Crippen LogP contribution in [0.3, 0.4) is 0 Å². The number of carbonyl (C=O) groups is 1. The van der Waals surface area contributed by atoms with Crippen molar-refractivity contribution in [2.24, 2.45) is 0 Å². The summed E-state index contributed by atoms with van der Waals surface area (Å²) in [6.45, 7) is 6.19. The highest BCUT2D eigenvalue weighted by atomic mass is 16.2. The van der Waals surface area contributed by atoms with Crippen LogP contribution in [0.25, 0.3) is 12.2 Å². The van der Waals surface area contributed by atoms with Crippen molar-refractivity contribution >= 4 is 23.7 Å². The quantitative estimate of drug-likeness (QED) is 0.747. The lowest BCUT2D eigenvalue weighted by Crippen LogP contribution is -2.51. The van der Waals surface area contributed by atoms with Gasteiger partial charge in [0.25, 0.3) is 0 Å². The number of hydrogen-bond donors (Lipinski definition) is 0. The predicted molar refractivity (Wildman–Crippen MR) is 116 cm³/mol.